The van der Waals surface area contributed by atoms with E-state index >= 15 is 0 Å². The van der Waals surface area contributed by atoms with Crippen LogP contribution in [0.25, 0.3) is 10.6 Å². The summed E-state index contributed by atoms with van der Waals surface area (Å²) < 4.78 is 0. The smallest absolute Gasteiger partial charge is 0.125 e. The summed E-state index contributed by atoms with van der Waals surface area (Å²) in [5.74, 6) is 0. The maximum Gasteiger partial charge on any atom is 0.125 e. The molecule has 5 heteroatoms. The van der Waals surface area contributed by atoms with Crippen molar-refractivity contribution in [2.45, 2.75) is 19.9 Å². The lowest BCUT2D eigenvalue weighted by Gasteiger charge is -2.00. The highest BCUT2D eigenvalue weighted by molar-refractivity contribution is 7.15. The van der Waals surface area contributed by atoms with Crippen LogP contribution in [0.3, 0.4) is 0 Å². The Labute approximate surface area is 121 Å². The molecule has 0 aliphatic rings. The Morgan fingerprint density at radius 1 is 1.33 bits per heavy atom. The number of nitrogens with one attached hydrogen (secondary N) is 1. The number of aromatic nitrogens is 1. The molecule has 0 saturated carbocycles. The highest BCUT2D eigenvalue weighted by Gasteiger charge is 2.13. The van der Waals surface area contributed by atoms with E-state index in [1.807, 2.05) is 19.2 Å². The van der Waals surface area contributed by atoms with Crippen molar-refractivity contribution >= 4 is 34.5 Å². The molecule has 1 N–H and O–H groups in total. The first-order valence-corrected chi connectivity index (χ1v) is 7.31. The molecule has 0 aliphatic carbocycles. The van der Waals surface area contributed by atoms with Gasteiger partial charge in [-0.1, -0.05) is 30.1 Å². The maximum atomic E-state index is 6.21. The van der Waals surface area contributed by atoms with Gasteiger partial charge in [0.25, 0.3) is 0 Å². The van der Waals surface area contributed by atoms with E-state index < -0.39 is 0 Å². The van der Waals surface area contributed by atoms with E-state index in [-0.39, 0.29) is 0 Å². The summed E-state index contributed by atoms with van der Waals surface area (Å²) in [5.41, 5.74) is 2.08. The van der Waals surface area contributed by atoms with Crippen LogP contribution in [0.5, 0.6) is 0 Å². The van der Waals surface area contributed by atoms with E-state index in [1.54, 1.807) is 17.4 Å². The lowest BCUT2D eigenvalue weighted by molar-refractivity contribution is 0.815. The molecule has 2 rings (SSSR count). The van der Waals surface area contributed by atoms with Crippen LogP contribution in [0, 0.1) is 0 Å². The number of aryl methyl sites for hydroxylation is 1. The Hall–Kier alpha value is -0.610. The highest BCUT2D eigenvalue weighted by atomic mass is 35.5. The van der Waals surface area contributed by atoms with Crippen LogP contribution in [-0.2, 0) is 13.0 Å². The van der Waals surface area contributed by atoms with Crippen LogP contribution in [0.4, 0.5) is 0 Å². The Morgan fingerprint density at radius 2 is 2.11 bits per heavy atom. The minimum absolute atomic E-state index is 0.645. The van der Waals surface area contributed by atoms with Gasteiger partial charge in [-0.05, 0) is 31.7 Å². The predicted molar refractivity (Wildman–Crippen MR) is 79.7 cm³/mol. The molecule has 1 heterocycles. The number of halogens is 2. The zero-order valence-electron chi connectivity index (χ0n) is 10.3. The van der Waals surface area contributed by atoms with Crippen molar-refractivity contribution in [1.82, 2.24) is 10.3 Å². The van der Waals surface area contributed by atoms with Crippen LogP contribution < -0.4 is 5.32 Å². The van der Waals surface area contributed by atoms with Crippen LogP contribution in [-0.4, -0.2) is 12.0 Å². The van der Waals surface area contributed by atoms with Gasteiger partial charge in [-0.2, -0.15) is 0 Å². The van der Waals surface area contributed by atoms with E-state index in [4.69, 9.17) is 23.2 Å². The number of hydrogen-bond donors (Lipinski definition) is 1. The Balaban J connectivity index is 2.44. The third-order valence-electron chi connectivity index (χ3n) is 2.61. The molecule has 2 aromatic rings. The quantitative estimate of drug-likeness (QED) is 0.905. The zero-order chi connectivity index (χ0) is 13.1. The standard InChI is InChI=1S/C13H14Cl2N2S/c1-3-11-12(7-16-2)18-13(17-11)9-5-4-8(14)6-10(9)15/h4-6,16H,3,7H2,1-2H3. The zero-order valence-corrected chi connectivity index (χ0v) is 12.6. The minimum Gasteiger partial charge on any atom is -0.315 e. The lowest BCUT2D eigenvalue weighted by atomic mass is 10.2. The molecule has 0 saturated heterocycles. The molecule has 18 heavy (non-hydrogen) atoms. The van der Waals surface area contributed by atoms with E-state index in [0.717, 1.165) is 29.2 Å². The van der Waals surface area contributed by atoms with Crippen molar-refractivity contribution < 1.29 is 0 Å². The van der Waals surface area contributed by atoms with Gasteiger partial charge in [0.1, 0.15) is 5.01 Å². The molecule has 0 atom stereocenters. The molecule has 0 amide bonds. The number of nitrogens with zero attached hydrogens (tertiary/aromatic N) is 1. The fourth-order valence-corrected chi connectivity index (χ4v) is 3.49. The van der Waals surface area contributed by atoms with Gasteiger partial charge in [0.05, 0.1) is 10.7 Å². The molecule has 0 fully saturated rings. The molecule has 96 valence electrons. The van der Waals surface area contributed by atoms with Crippen molar-refractivity contribution in [2.75, 3.05) is 7.05 Å². The normalized spacial score (nSPS) is 10.9. The summed E-state index contributed by atoms with van der Waals surface area (Å²) >= 11 is 13.8. The summed E-state index contributed by atoms with van der Waals surface area (Å²) in [6, 6.07) is 5.52. The summed E-state index contributed by atoms with van der Waals surface area (Å²) in [4.78, 5) is 5.92. The van der Waals surface area contributed by atoms with E-state index in [9.17, 15) is 0 Å². The van der Waals surface area contributed by atoms with Gasteiger partial charge in [0, 0.05) is 22.0 Å². The van der Waals surface area contributed by atoms with Crippen molar-refractivity contribution in [1.29, 1.82) is 0 Å². The fourth-order valence-electron chi connectivity index (χ4n) is 1.74. The Bertz CT molecular complexity index is 552. The number of thiazole rings is 1. The molecular weight excluding hydrogens is 287 g/mol. The van der Waals surface area contributed by atoms with Crippen molar-refractivity contribution in [3.63, 3.8) is 0 Å². The van der Waals surface area contributed by atoms with Gasteiger partial charge in [-0.15, -0.1) is 11.3 Å². The maximum absolute atomic E-state index is 6.21. The van der Waals surface area contributed by atoms with Gasteiger partial charge < -0.3 is 5.32 Å². The van der Waals surface area contributed by atoms with E-state index in [2.05, 4.69) is 17.2 Å². The van der Waals surface area contributed by atoms with Gasteiger partial charge in [-0.3, -0.25) is 0 Å². The Kier molecular flexibility index (Phi) is 4.62. The molecule has 0 aliphatic heterocycles. The second kappa shape index (κ2) is 6.02. The van der Waals surface area contributed by atoms with E-state index in [0.29, 0.717) is 10.0 Å². The minimum atomic E-state index is 0.645. The fraction of sp³-hybridized carbons (Fsp3) is 0.308. The largest absolute Gasteiger partial charge is 0.315 e. The second-order valence-electron chi connectivity index (χ2n) is 3.90. The predicted octanol–water partition coefficient (Wildman–Crippen LogP) is 4.40. The summed E-state index contributed by atoms with van der Waals surface area (Å²) in [6.07, 6.45) is 0.929. The molecule has 0 radical (unpaired) electrons. The lowest BCUT2D eigenvalue weighted by Crippen LogP contribution is -2.05. The molecule has 0 spiro atoms. The number of hydrogen-bond acceptors (Lipinski definition) is 3. The Morgan fingerprint density at radius 3 is 2.72 bits per heavy atom. The van der Waals surface area contributed by atoms with Crippen molar-refractivity contribution in [3.8, 4) is 10.6 Å². The summed E-state index contributed by atoms with van der Waals surface area (Å²) in [5, 5.41) is 5.41. The van der Waals surface area contributed by atoms with Gasteiger partial charge in [-0.25, -0.2) is 4.98 Å². The van der Waals surface area contributed by atoms with Crippen molar-refractivity contribution in [2.24, 2.45) is 0 Å². The van der Waals surface area contributed by atoms with E-state index in [1.165, 1.54) is 4.88 Å². The average molecular weight is 301 g/mol. The third kappa shape index (κ3) is 2.86. The van der Waals surface area contributed by atoms with Crippen molar-refractivity contribution in [3.05, 3.63) is 38.8 Å². The first-order chi connectivity index (χ1) is 8.65. The second-order valence-corrected chi connectivity index (χ2v) is 5.82. The molecule has 0 bridgehead atoms. The molecule has 1 aromatic heterocycles. The highest BCUT2D eigenvalue weighted by Crippen LogP contribution is 2.34. The number of rotatable bonds is 4. The molecule has 2 nitrogen and oxygen atoms in total. The van der Waals surface area contributed by atoms with Crippen LogP contribution in [0.1, 0.15) is 17.5 Å². The molecule has 0 unspecified atom stereocenters. The average Bonchev–Trinajstić information content (AvgIpc) is 2.72. The molecular formula is C13H14Cl2N2S. The first-order valence-electron chi connectivity index (χ1n) is 5.74. The summed E-state index contributed by atoms with van der Waals surface area (Å²) in [6.45, 7) is 2.95. The summed E-state index contributed by atoms with van der Waals surface area (Å²) in [7, 11) is 1.94. The van der Waals surface area contributed by atoms with Gasteiger partial charge in [0.2, 0.25) is 0 Å². The SMILES string of the molecule is CCc1nc(-c2ccc(Cl)cc2Cl)sc1CNC. The van der Waals surface area contributed by atoms with Crippen LogP contribution >= 0.6 is 34.5 Å². The van der Waals surface area contributed by atoms with Crippen LogP contribution in [0.2, 0.25) is 10.0 Å². The topological polar surface area (TPSA) is 24.9 Å². The first kappa shape index (κ1) is 13.8. The third-order valence-corrected chi connectivity index (χ3v) is 4.29. The van der Waals surface area contributed by atoms with Crippen LogP contribution in [0.15, 0.2) is 18.2 Å². The molecule has 1 aromatic carbocycles. The van der Waals surface area contributed by atoms with Gasteiger partial charge in [0.15, 0.2) is 0 Å². The van der Waals surface area contributed by atoms with Gasteiger partial charge >= 0.3 is 0 Å². The number of benzene rings is 1. The monoisotopic (exact) mass is 300 g/mol.